The number of carbonyl (C=O) groups is 2. The highest BCUT2D eigenvalue weighted by Crippen LogP contribution is 2.41. The topological polar surface area (TPSA) is 63.2 Å². The van der Waals surface area contributed by atoms with Gasteiger partial charge in [-0.3, -0.25) is 19.6 Å². The molecule has 1 saturated heterocycles. The third-order valence-electron chi connectivity index (χ3n) is 6.12. The molecule has 1 aliphatic heterocycles. The fraction of sp³-hybridized carbons (Fsp3) is 0.280. The summed E-state index contributed by atoms with van der Waals surface area (Å²) >= 11 is 0. The predicted octanol–water partition coefficient (Wildman–Crippen LogP) is 3.95. The minimum absolute atomic E-state index is 0.0858. The molecule has 158 valence electrons. The number of carbonyl (C=O) groups excluding carboxylic acids is 2. The first-order valence-corrected chi connectivity index (χ1v) is 10.3. The summed E-state index contributed by atoms with van der Waals surface area (Å²) in [6.45, 7) is 2.66. The van der Waals surface area contributed by atoms with Crippen molar-refractivity contribution in [1.29, 1.82) is 0 Å². The summed E-state index contributed by atoms with van der Waals surface area (Å²) in [5, 5.41) is 0. The highest BCUT2D eigenvalue weighted by Gasteiger charge is 2.44. The maximum atomic E-state index is 14.5. The Labute approximate surface area is 181 Å². The van der Waals surface area contributed by atoms with Crippen molar-refractivity contribution < 1.29 is 14.0 Å². The number of benzene rings is 1. The van der Waals surface area contributed by atoms with Crippen molar-refractivity contribution in [3.05, 3.63) is 95.3 Å². The van der Waals surface area contributed by atoms with E-state index in [2.05, 4.69) is 9.97 Å². The third-order valence-corrected chi connectivity index (χ3v) is 6.12. The Morgan fingerprint density at radius 3 is 1.94 bits per heavy atom. The summed E-state index contributed by atoms with van der Waals surface area (Å²) in [5.74, 6) is -1.97. The number of hydrogen-bond donors (Lipinski definition) is 0. The minimum Gasteiger partial charge on any atom is -0.305 e. The van der Waals surface area contributed by atoms with Crippen LogP contribution in [0.2, 0.25) is 0 Å². The number of nitrogens with zero attached hydrogens (tertiary/aromatic N) is 3. The van der Waals surface area contributed by atoms with Crippen molar-refractivity contribution in [1.82, 2.24) is 14.9 Å². The van der Waals surface area contributed by atoms with Crippen molar-refractivity contribution in [3.63, 3.8) is 0 Å². The molecule has 6 heteroatoms. The molecule has 0 aliphatic carbocycles. The molecule has 3 heterocycles. The fourth-order valence-electron chi connectivity index (χ4n) is 4.61. The molecule has 1 fully saturated rings. The van der Waals surface area contributed by atoms with Gasteiger partial charge in [-0.2, -0.15) is 0 Å². The quantitative estimate of drug-likeness (QED) is 0.588. The van der Waals surface area contributed by atoms with Crippen molar-refractivity contribution >= 4 is 11.6 Å². The van der Waals surface area contributed by atoms with Crippen LogP contribution in [0.25, 0.3) is 0 Å². The summed E-state index contributed by atoms with van der Waals surface area (Å²) in [4.78, 5) is 37.3. The maximum absolute atomic E-state index is 14.5. The van der Waals surface area contributed by atoms with E-state index in [1.807, 2.05) is 18.0 Å². The molecule has 5 nitrogen and oxygen atoms in total. The highest BCUT2D eigenvalue weighted by atomic mass is 19.1. The van der Waals surface area contributed by atoms with Crippen molar-refractivity contribution in [2.45, 2.75) is 12.8 Å². The van der Waals surface area contributed by atoms with Crippen LogP contribution in [0.1, 0.15) is 37.8 Å². The van der Waals surface area contributed by atoms with E-state index in [0.717, 1.165) is 0 Å². The summed E-state index contributed by atoms with van der Waals surface area (Å²) in [6, 6.07) is 11.8. The SMILES string of the molecule is Cc1c(F)cccc1[C@@H]1[C@@H](C(=O)c2cccnc2)CN(C)C[C@H]1C(=O)c1cccnc1. The van der Waals surface area contributed by atoms with E-state index in [4.69, 9.17) is 0 Å². The minimum atomic E-state index is -0.505. The molecule has 3 atom stereocenters. The molecular formula is C25H24FN3O2. The smallest absolute Gasteiger partial charge is 0.169 e. The molecule has 1 aliphatic rings. The van der Waals surface area contributed by atoms with Crippen LogP contribution in [0.4, 0.5) is 4.39 Å². The monoisotopic (exact) mass is 417 g/mol. The van der Waals surface area contributed by atoms with E-state index < -0.39 is 17.8 Å². The number of aromatic nitrogens is 2. The first-order chi connectivity index (χ1) is 15.0. The van der Waals surface area contributed by atoms with E-state index in [9.17, 15) is 14.0 Å². The molecule has 0 bridgehead atoms. The standard InChI is InChI=1S/C25H24FN3O2/c1-16-19(8-3-9-22(16)26)23-20(24(30)17-6-4-10-27-12-17)14-29(2)15-21(23)25(31)18-7-5-11-28-13-18/h3-13,20-21,23H,14-15H2,1-2H3/t20-,21+,23+. The molecule has 0 amide bonds. The van der Waals surface area contributed by atoms with E-state index in [1.54, 1.807) is 62.0 Å². The molecule has 31 heavy (non-hydrogen) atoms. The number of pyridine rings is 2. The zero-order chi connectivity index (χ0) is 22.0. The van der Waals surface area contributed by atoms with Crippen molar-refractivity contribution in [2.24, 2.45) is 11.8 Å². The van der Waals surface area contributed by atoms with Crippen LogP contribution < -0.4 is 0 Å². The van der Waals surface area contributed by atoms with E-state index in [-0.39, 0.29) is 17.4 Å². The fourth-order valence-corrected chi connectivity index (χ4v) is 4.61. The van der Waals surface area contributed by atoms with Crippen LogP contribution in [0.5, 0.6) is 0 Å². The van der Waals surface area contributed by atoms with Gasteiger partial charge in [0.2, 0.25) is 0 Å². The van der Waals surface area contributed by atoms with Gasteiger partial charge in [-0.25, -0.2) is 4.39 Å². The maximum Gasteiger partial charge on any atom is 0.169 e. The van der Waals surface area contributed by atoms with Gasteiger partial charge in [0.15, 0.2) is 11.6 Å². The second kappa shape index (κ2) is 8.86. The molecule has 3 aromatic rings. The van der Waals surface area contributed by atoms with E-state index >= 15 is 0 Å². The van der Waals surface area contributed by atoms with Crippen LogP contribution in [0, 0.1) is 24.6 Å². The summed E-state index contributed by atoms with van der Waals surface area (Å²) in [6.07, 6.45) is 6.33. The molecule has 1 aromatic carbocycles. The number of piperidine rings is 1. The van der Waals surface area contributed by atoms with Crippen molar-refractivity contribution in [2.75, 3.05) is 20.1 Å². The second-order valence-corrected chi connectivity index (χ2v) is 8.13. The number of likely N-dealkylation sites (tertiary alicyclic amines) is 1. The number of ketones is 2. The number of rotatable bonds is 5. The first-order valence-electron chi connectivity index (χ1n) is 10.3. The number of hydrogen-bond acceptors (Lipinski definition) is 5. The van der Waals surface area contributed by atoms with Gasteiger partial charge in [-0.15, -0.1) is 0 Å². The van der Waals surface area contributed by atoms with Gasteiger partial charge in [0.05, 0.1) is 0 Å². The van der Waals surface area contributed by atoms with Gasteiger partial charge < -0.3 is 4.90 Å². The third kappa shape index (κ3) is 4.16. The van der Waals surface area contributed by atoms with Crippen molar-refractivity contribution in [3.8, 4) is 0 Å². The largest absolute Gasteiger partial charge is 0.305 e. The second-order valence-electron chi connectivity index (χ2n) is 8.13. The van der Waals surface area contributed by atoms with Gasteiger partial charge in [-0.05, 0) is 55.4 Å². The molecule has 0 saturated carbocycles. The number of halogens is 1. The molecule has 0 spiro atoms. The Morgan fingerprint density at radius 2 is 1.45 bits per heavy atom. The lowest BCUT2D eigenvalue weighted by molar-refractivity contribution is 0.0622. The Kier molecular flexibility index (Phi) is 6.00. The highest BCUT2D eigenvalue weighted by molar-refractivity contribution is 6.02. The van der Waals surface area contributed by atoms with E-state index in [0.29, 0.717) is 35.3 Å². The Bertz CT molecular complexity index is 1030. The van der Waals surface area contributed by atoms with Crippen LogP contribution in [-0.2, 0) is 0 Å². The zero-order valence-electron chi connectivity index (χ0n) is 17.5. The van der Waals surface area contributed by atoms with E-state index in [1.165, 1.54) is 6.07 Å². The Balaban J connectivity index is 1.83. The molecule has 0 unspecified atom stereocenters. The Hall–Kier alpha value is -3.25. The molecular weight excluding hydrogens is 393 g/mol. The normalized spacial score (nSPS) is 21.6. The molecule has 0 N–H and O–H groups in total. The first kappa shape index (κ1) is 21.0. The zero-order valence-corrected chi connectivity index (χ0v) is 17.5. The average molecular weight is 417 g/mol. The lowest BCUT2D eigenvalue weighted by Gasteiger charge is -2.42. The van der Waals surface area contributed by atoms with Crippen LogP contribution in [-0.4, -0.2) is 46.6 Å². The predicted molar refractivity (Wildman–Crippen MR) is 115 cm³/mol. The lowest BCUT2D eigenvalue weighted by atomic mass is 9.68. The van der Waals surface area contributed by atoms with Gasteiger partial charge in [0, 0.05) is 66.8 Å². The van der Waals surface area contributed by atoms with Crippen LogP contribution >= 0.6 is 0 Å². The van der Waals surface area contributed by atoms with Crippen LogP contribution in [0.15, 0.2) is 67.3 Å². The molecule has 4 rings (SSSR count). The summed E-state index contributed by atoms with van der Waals surface area (Å²) < 4.78 is 14.5. The van der Waals surface area contributed by atoms with Gasteiger partial charge in [-0.1, -0.05) is 12.1 Å². The van der Waals surface area contributed by atoms with Gasteiger partial charge in [0.1, 0.15) is 5.82 Å². The summed E-state index contributed by atoms with van der Waals surface area (Å²) in [7, 11) is 1.90. The summed E-state index contributed by atoms with van der Waals surface area (Å²) in [5.41, 5.74) is 2.17. The average Bonchev–Trinajstić information content (AvgIpc) is 2.81. The van der Waals surface area contributed by atoms with Crippen LogP contribution in [0.3, 0.4) is 0 Å². The molecule has 2 aromatic heterocycles. The lowest BCUT2D eigenvalue weighted by Crippen LogP contribution is -2.49. The molecule has 0 radical (unpaired) electrons. The number of Topliss-reactive ketones (excluding diaryl/α,β-unsaturated/α-hetero) is 2. The Morgan fingerprint density at radius 1 is 0.903 bits per heavy atom. The van der Waals surface area contributed by atoms with Gasteiger partial charge >= 0.3 is 0 Å². The van der Waals surface area contributed by atoms with Gasteiger partial charge in [0.25, 0.3) is 0 Å².